The first kappa shape index (κ1) is 21.2. The van der Waals surface area contributed by atoms with Gasteiger partial charge in [-0.15, -0.1) is 11.3 Å². The van der Waals surface area contributed by atoms with E-state index in [-0.39, 0.29) is 18.5 Å². The second kappa shape index (κ2) is 9.39. The first-order chi connectivity index (χ1) is 14.5. The molecule has 30 heavy (non-hydrogen) atoms. The van der Waals surface area contributed by atoms with Crippen molar-refractivity contribution in [2.75, 3.05) is 39.3 Å². The zero-order valence-electron chi connectivity index (χ0n) is 17.4. The quantitative estimate of drug-likeness (QED) is 0.618. The number of hydrogen-bond donors (Lipinski definition) is 1. The number of aromatic nitrogens is 1. The maximum Gasteiger partial charge on any atom is 0.123 e. The van der Waals surface area contributed by atoms with Gasteiger partial charge in [-0.25, -0.2) is 9.37 Å². The van der Waals surface area contributed by atoms with E-state index in [0.717, 1.165) is 52.7 Å². The molecule has 0 amide bonds. The van der Waals surface area contributed by atoms with E-state index in [9.17, 15) is 9.50 Å². The number of piperazine rings is 1. The van der Waals surface area contributed by atoms with E-state index in [1.54, 1.807) is 11.3 Å². The van der Waals surface area contributed by atoms with E-state index in [4.69, 9.17) is 4.74 Å². The molecule has 0 spiro atoms. The number of aliphatic hydroxyl groups is 1. The van der Waals surface area contributed by atoms with Gasteiger partial charge in [-0.1, -0.05) is 12.1 Å². The SMILES string of the molecule is Cc1nc2cc(OC[C@H](O)CN3CCN([C@@H](C)c4ccc(F)cc4)CC3)ccc2s1. The van der Waals surface area contributed by atoms with E-state index in [1.165, 1.54) is 12.1 Å². The van der Waals surface area contributed by atoms with Gasteiger partial charge in [0.2, 0.25) is 0 Å². The summed E-state index contributed by atoms with van der Waals surface area (Å²) in [5, 5.41) is 11.5. The highest BCUT2D eigenvalue weighted by atomic mass is 32.1. The van der Waals surface area contributed by atoms with Crippen molar-refractivity contribution in [3.8, 4) is 5.75 Å². The van der Waals surface area contributed by atoms with Crippen molar-refractivity contribution < 1.29 is 14.2 Å². The normalized spacial score (nSPS) is 17.9. The fourth-order valence-electron chi connectivity index (χ4n) is 3.94. The number of ether oxygens (including phenoxy) is 1. The molecule has 2 aromatic carbocycles. The molecule has 0 radical (unpaired) electrons. The van der Waals surface area contributed by atoms with E-state index in [0.29, 0.717) is 6.54 Å². The molecule has 1 N–H and O–H groups in total. The number of fused-ring (bicyclic) bond motifs is 1. The zero-order chi connectivity index (χ0) is 21.1. The lowest BCUT2D eigenvalue weighted by molar-refractivity contribution is 0.0381. The number of hydrogen-bond acceptors (Lipinski definition) is 6. The van der Waals surface area contributed by atoms with Crippen molar-refractivity contribution in [1.82, 2.24) is 14.8 Å². The molecule has 7 heteroatoms. The number of benzene rings is 2. The topological polar surface area (TPSA) is 48.8 Å². The molecule has 3 aromatic rings. The van der Waals surface area contributed by atoms with Crippen LogP contribution in [0.5, 0.6) is 5.75 Å². The van der Waals surface area contributed by atoms with Gasteiger partial charge in [0.05, 0.1) is 15.2 Å². The molecule has 4 rings (SSSR count). The highest BCUT2D eigenvalue weighted by Crippen LogP contribution is 2.26. The third-order valence-corrected chi connectivity index (χ3v) is 6.64. The molecule has 1 fully saturated rings. The lowest BCUT2D eigenvalue weighted by atomic mass is 10.1. The Kier molecular flexibility index (Phi) is 6.63. The zero-order valence-corrected chi connectivity index (χ0v) is 18.2. The molecule has 1 aliphatic heterocycles. The van der Waals surface area contributed by atoms with Gasteiger partial charge >= 0.3 is 0 Å². The largest absolute Gasteiger partial charge is 0.491 e. The summed E-state index contributed by atoms with van der Waals surface area (Å²) in [5.41, 5.74) is 2.07. The lowest BCUT2D eigenvalue weighted by Crippen LogP contribution is -2.49. The van der Waals surface area contributed by atoms with Crippen molar-refractivity contribution in [2.45, 2.75) is 26.0 Å². The second-order valence-electron chi connectivity index (χ2n) is 7.89. The Morgan fingerprint density at radius 1 is 1.13 bits per heavy atom. The van der Waals surface area contributed by atoms with Crippen LogP contribution in [0.3, 0.4) is 0 Å². The van der Waals surface area contributed by atoms with Crippen molar-refractivity contribution in [3.63, 3.8) is 0 Å². The Morgan fingerprint density at radius 3 is 2.60 bits per heavy atom. The smallest absolute Gasteiger partial charge is 0.123 e. The van der Waals surface area contributed by atoms with E-state index < -0.39 is 6.10 Å². The Hall–Kier alpha value is -2.06. The number of thiazole rings is 1. The van der Waals surface area contributed by atoms with Gasteiger partial charge in [0.1, 0.15) is 24.3 Å². The van der Waals surface area contributed by atoms with Crippen LogP contribution in [-0.2, 0) is 0 Å². The van der Waals surface area contributed by atoms with Crippen molar-refractivity contribution >= 4 is 21.6 Å². The molecule has 160 valence electrons. The van der Waals surface area contributed by atoms with Gasteiger partial charge in [0.15, 0.2) is 0 Å². The molecule has 0 bridgehead atoms. The predicted octanol–water partition coefficient (Wildman–Crippen LogP) is 3.86. The third-order valence-electron chi connectivity index (χ3n) is 5.68. The van der Waals surface area contributed by atoms with Crippen molar-refractivity contribution in [3.05, 3.63) is 58.9 Å². The minimum absolute atomic E-state index is 0.200. The predicted molar refractivity (Wildman–Crippen MR) is 119 cm³/mol. The maximum absolute atomic E-state index is 13.1. The Balaban J connectivity index is 1.22. The average molecular weight is 430 g/mol. The highest BCUT2D eigenvalue weighted by Gasteiger charge is 2.23. The first-order valence-corrected chi connectivity index (χ1v) is 11.2. The van der Waals surface area contributed by atoms with Crippen LogP contribution in [-0.4, -0.2) is 65.3 Å². The monoisotopic (exact) mass is 429 g/mol. The minimum Gasteiger partial charge on any atom is -0.491 e. The average Bonchev–Trinajstić information content (AvgIpc) is 3.12. The molecule has 2 heterocycles. The third kappa shape index (κ3) is 5.16. The molecule has 0 saturated carbocycles. The number of β-amino-alcohol motifs (C(OH)–C–C–N with tert-alkyl or cyclic N) is 1. The minimum atomic E-state index is -0.543. The summed E-state index contributed by atoms with van der Waals surface area (Å²) in [5.74, 6) is 0.540. The molecular formula is C23H28FN3O2S. The molecule has 2 atom stereocenters. The van der Waals surface area contributed by atoms with E-state index >= 15 is 0 Å². The molecular weight excluding hydrogens is 401 g/mol. The van der Waals surface area contributed by atoms with Crippen molar-refractivity contribution in [1.29, 1.82) is 0 Å². The van der Waals surface area contributed by atoms with Crippen LogP contribution in [0.2, 0.25) is 0 Å². The van der Waals surface area contributed by atoms with Gasteiger partial charge in [0, 0.05) is 44.8 Å². The van der Waals surface area contributed by atoms with Gasteiger partial charge < -0.3 is 9.84 Å². The lowest BCUT2D eigenvalue weighted by Gasteiger charge is -2.38. The second-order valence-corrected chi connectivity index (χ2v) is 9.13. The molecule has 0 aliphatic carbocycles. The summed E-state index contributed by atoms with van der Waals surface area (Å²) in [6.07, 6.45) is -0.543. The molecule has 5 nitrogen and oxygen atoms in total. The van der Waals surface area contributed by atoms with Crippen LogP contribution in [0.1, 0.15) is 23.5 Å². The van der Waals surface area contributed by atoms with Crippen LogP contribution < -0.4 is 4.74 Å². The summed E-state index contributed by atoms with van der Waals surface area (Å²) >= 11 is 1.67. The summed E-state index contributed by atoms with van der Waals surface area (Å²) in [6.45, 7) is 8.65. The molecule has 1 aromatic heterocycles. The molecule has 1 aliphatic rings. The fraction of sp³-hybridized carbons (Fsp3) is 0.435. The number of nitrogens with zero attached hydrogens (tertiary/aromatic N) is 3. The Labute approximate surface area is 180 Å². The van der Waals surface area contributed by atoms with Crippen LogP contribution >= 0.6 is 11.3 Å². The van der Waals surface area contributed by atoms with Crippen LogP contribution in [0.25, 0.3) is 10.2 Å². The molecule has 0 unspecified atom stereocenters. The highest BCUT2D eigenvalue weighted by molar-refractivity contribution is 7.18. The van der Waals surface area contributed by atoms with Gasteiger partial charge in [-0.05, 0) is 43.7 Å². The van der Waals surface area contributed by atoms with Crippen molar-refractivity contribution in [2.24, 2.45) is 0 Å². The van der Waals surface area contributed by atoms with Gasteiger partial charge in [-0.3, -0.25) is 9.80 Å². The number of halogens is 1. The Bertz CT molecular complexity index is 970. The van der Waals surface area contributed by atoms with Crippen LogP contribution in [0.4, 0.5) is 4.39 Å². The fourth-order valence-corrected chi connectivity index (χ4v) is 4.75. The Morgan fingerprint density at radius 2 is 1.87 bits per heavy atom. The van der Waals surface area contributed by atoms with Crippen LogP contribution in [0.15, 0.2) is 42.5 Å². The maximum atomic E-state index is 13.1. The first-order valence-electron chi connectivity index (χ1n) is 10.4. The summed E-state index contributed by atoms with van der Waals surface area (Å²) < 4.78 is 20.1. The molecule has 1 saturated heterocycles. The van der Waals surface area contributed by atoms with Gasteiger partial charge in [-0.2, -0.15) is 0 Å². The summed E-state index contributed by atoms with van der Waals surface area (Å²) in [7, 11) is 0. The standard InChI is InChI=1S/C23H28FN3O2S/c1-16(18-3-5-19(24)6-4-18)27-11-9-26(10-12-27)14-20(28)15-29-21-7-8-23-22(13-21)25-17(2)30-23/h3-8,13,16,20,28H,9-12,14-15H2,1-2H3/t16-,20+/m0/s1. The summed E-state index contributed by atoms with van der Waals surface area (Å²) in [4.78, 5) is 9.16. The summed E-state index contributed by atoms with van der Waals surface area (Å²) in [6, 6.07) is 12.9. The van der Waals surface area contributed by atoms with E-state index in [2.05, 4.69) is 21.7 Å². The number of aliphatic hydroxyl groups excluding tert-OH is 1. The number of rotatable bonds is 7. The number of aryl methyl sites for hydroxylation is 1. The van der Waals surface area contributed by atoms with Gasteiger partial charge in [0.25, 0.3) is 0 Å². The van der Waals surface area contributed by atoms with E-state index in [1.807, 2.05) is 37.3 Å². The van der Waals surface area contributed by atoms with Crippen LogP contribution in [0, 0.1) is 12.7 Å².